The first-order valence-corrected chi connectivity index (χ1v) is 8.40. The average Bonchev–Trinajstić information content (AvgIpc) is 3.00. The molecule has 0 spiro atoms. The SMILES string of the molecule is COc1ccc(/C=C/c2nc3c(c(=O)n(C)c(=O)n3C)n2C)c(Cl)c1OC. The Morgan fingerprint density at radius 2 is 1.70 bits per heavy atom. The predicted molar refractivity (Wildman–Crippen MR) is 105 cm³/mol. The molecule has 0 bridgehead atoms. The maximum Gasteiger partial charge on any atom is 0.332 e. The number of imidazole rings is 1. The summed E-state index contributed by atoms with van der Waals surface area (Å²) in [5.41, 5.74) is 0.542. The van der Waals surface area contributed by atoms with Gasteiger partial charge in [-0.1, -0.05) is 11.6 Å². The predicted octanol–water partition coefficient (Wildman–Crippen LogP) is 1.81. The largest absolute Gasteiger partial charge is 0.493 e. The van der Waals surface area contributed by atoms with Crippen molar-refractivity contribution in [1.82, 2.24) is 18.7 Å². The summed E-state index contributed by atoms with van der Waals surface area (Å²) in [5, 5.41) is 0.398. The lowest BCUT2D eigenvalue weighted by molar-refractivity contribution is 0.355. The molecule has 0 radical (unpaired) electrons. The minimum absolute atomic E-state index is 0.323. The minimum atomic E-state index is -0.427. The van der Waals surface area contributed by atoms with Gasteiger partial charge in [-0.25, -0.2) is 9.78 Å². The van der Waals surface area contributed by atoms with Crippen molar-refractivity contribution < 1.29 is 9.47 Å². The van der Waals surface area contributed by atoms with Crippen molar-refractivity contribution in [1.29, 1.82) is 0 Å². The van der Waals surface area contributed by atoms with E-state index in [9.17, 15) is 9.59 Å². The number of halogens is 1. The molecule has 0 saturated carbocycles. The summed E-state index contributed by atoms with van der Waals surface area (Å²) < 4.78 is 14.6. The maximum atomic E-state index is 12.4. The van der Waals surface area contributed by atoms with Gasteiger partial charge in [0, 0.05) is 21.1 Å². The number of aryl methyl sites for hydroxylation is 2. The number of nitrogens with zero attached hydrogens (tertiary/aromatic N) is 4. The van der Waals surface area contributed by atoms with Crippen LogP contribution in [0.1, 0.15) is 11.4 Å². The molecule has 0 saturated heterocycles. The van der Waals surface area contributed by atoms with E-state index in [0.717, 1.165) is 4.57 Å². The molecule has 27 heavy (non-hydrogen) atoms. The molecule has 0 N–H and O–H groups in total. The van der Waals surface area contributed by atoms with E-state index in [1.807, 2.05) is 0 Å². The zero-order valence-corrected chi connectivity index (χ0v) is 16.4. The van der Waals surface area contributed by atoms with Crippen molar-refractivity contribution in [3.8, 4) is 11.5 Å². The molecule has 0 aliphatic heterocycles. The fourth-order valence-electron chi connectivity index (χ4n) is 2.88. The van der Waals surface area contributed by atoms with Crippen LogP contribution in [0.15, 0.2) is 21.7 Å². The van der Waals surface area contributed by atoms with E-state index in [2.05, 4.69) is 4.98 Å². The lowest BCUT2D eigenvalue weighted by Gasteiger charge is -2.10. The van der Waals surface area contributed by atoms with Gasteiger partial charge in [0.2, 0.25) is 0 Å². The van der Waals surface area contributed by atoms with Crippen LogP contribution in [-0.4, -0.2) is 32.9 Å². The molecule has 142 valence electrons. The zero-order valence-electron chi connectivity index (χ0n) is 15.6. The van der Waals surface area contributed by atoms with Crippen LogP contribution >= 0.6 is 11.6 Å². The second kappa shape index (κ2) is 6.96. The number of ether oxygens (including phenoxy) is 2. The molecule has 0 atom stereocenters. The Balaban J connectivity index is 2.15. The summed E-state index contributed by atoms with van der Waals surface area (Å²) in [4.78, 5) is 28.9. The zero-order chi connectivity index (χ0) is 19.9. The Morgan fingerprint density at radius 3 is 2.33 bits per heavy atom. The molecule has 3 rings (SSSR count). The van der Waals surface area contributed by atoms with E-state index < -0.39 is 11.2 Å². The van der Waals surface area contributed by atoms with E-state index >= 15 is 0 Å². The monoisotopic (exact) mass is 390 g/mol. The molecule has 9 heteroatoms. The summed E-state index contributed by atoms with van der Waals surface area (Å²) in [5.74, 6) is 1.47. The molecule has 0 unspecified atom stereocenters. The van der Waals surface area contributed by atoms with Crippen LogP contribution < -0.4 is 20.7 Å². The van der Waals surface area contributed by atoms with Gasteiger partial charge in [-0.15, -0.1) is 0 Å². The highest BCUT2D eigenvalue weighted by molar-refractivity contribution is 6.34. The highest BCUT2D eigenvalue weighted by Crippen LogP contribution is 2.37. The third kappa shape index (κ3) is 2.91. The van der Waals surface area contributed by atoms with Crippen LogP contribution in [0, 0.1) is 0 Å². The smallest absolute Gasteiger partial charge is 0.332 e. The Kier molecular flexibility index (Phi) is 4.84. The molecule has 2 aromatic heterocycles. The fraction of sp³-hybridized carbons (Fsp3) is 0.278. The van der Waals surface area contributed by atoms with Crippen molar-refractivity contribution in [2.24, 2.45) is 21.1 Å². The van der Waals surface area contributed by atoms with Crippen LogP contribution in [0.4, 0.5) is 0 Å². The Morgan fingerprint density at radius 1 is 1.00 bits per heavy atom. The summed E-state index contributed by atoms with van der Waals surface area (Å²) in [7, 11) is 7.79. The van der Waals surface area contributed by atoms with E-state index in [1.165, 1.54) is 25.8 Å². The molecule has 8 nitrogen and oxygen atoms in total. The lowest BCUT2D eigenvalue weighted by Crippen LogP contribution is -2.37. The van der Waals surface area contributed by atoms with Crippen molar-refractivity contribution in [2.75, 3.05) is 14.2 Å². The molecule has 1 aromatic carbocycles. The second-order valence-electron chi connectivity index (χ2n) is 5.94. The van der Waals surface area contributed by atoms with Gasteiger partial charge in [-0.3, -0.25) is 13.9 Å². The van der Waals surface area contributed by atoms with E-state index in [4.69, 9.17) is 21.1 Å². The topological polar surface area (TPSA) is 80.3 Å². The average molecular weight is 391 g/mol. The van der Waals surface area contributed by atoms with Crippen LogP contribution in [0.25, 0.3) is 23.3 Å². The van der Waals surface area contributed by atoms with E-state index in [1.54, 1.807) is 42.9 Å². The summed E-state index contributed by atoms with van der Waals surface area (Å²) in [6.45, 7) is 0. The third-order valence-corrected chi connectivity index (χ3v) is 4.83. The van der Waals surface area contributed by atoms with Crippen LogP contribution in [0.3, 0.4) is 0 Å². The van der Waals surface area contributed by atoms with Gasteiger partial charge >= 0.3 is 5.69 Å². The summed E-state index contributed by atoms with van der Waals surface area (Å²) >= 11 is 6.39. The van der Waals surface area contributed by atoms with E-state index in [0.29, 0.717) is 39.1 Å². The quantitative estimate of drug-likeness (QED) is 0.678. The number of benzene rings is 1. The van der Waals surface area contributed by atoms with Gasteiger partial charge in [0.1, 0.15) is 5.82 Å². The molecule has 3 aromatic rings. The Bertz CT molecular complexity index is 1190. The number of hydrogen-bond donors (Lipinski definition) is 0. The van der Waals surface area contributed by atoms with Crippen LogP contribution in [0.2, 0.25) is 5.02 Å². The Hall–Kier alpha value is -3.00. The molecule has 0 fully saturated rings. The van der Waals surface area contributed by atoms with E-state index in [-0.39, 0.29) is 0 Å². The van der Waals surface area contributed by atoms with Crippen molar-refractivity contribution in [3.05, 3.63) is 49.4 Å². The molecule has 0 amide bonds. The number of aromatic nitrogens is 4. The summed E-state index contributed by atoms with van der Waals surface area (Å²) in [6.07, 6.45) is 3.48. The minimum Gasteiger partial charge on any atom is -0.493 e. The number of rotatable bonds is 4. The van der Waals surface area contributed by atoms with Gasteiger partial charge in [0.15, 0.2) is 22.7 Å². The lowest BCUT2D eigenvalue weighted by atomic mass is 10.2. The van der Waals surface area contributed by atoms with Crippen LogP contribution in [0.5, 0.6) is 11.5 Å². The van der Waals surface area contributed by atoms with Gasteiger partial charge in [-0.05, 0) is 29.8 Å². The molecular formula is C18H19ClN4O4. The number of methoxy groups -OCH3 is 2. The van der Waals surface area contributed by atoms with Gasteiger partial charge in [0.25, 0.3) is 5.56 Å². The highest BCUT2D eigenvalue weighted by atomic mass is 35.5. The molecule has 0 aliphatic rings. The van der Waals surface area contributed by atoms with Gasteiger partial charge < -0.3 is 14.0 Å². The summed E-state index contributed by atoms with van der Waals surface area (Å²) in [6, 6.07) is 3.54. The normalized spacial score (nSPS) is 11.5. The third-order valence-electron chi connectivity index (χ3n) is 4.44. The first kappa shape index (κ1) is 18.8. The Labute approximate surface area is 159 Å². The van der Waals surface area contributed by atoms with Gasteiger partial charge in [-0.2, -0.15) is 0 Å². The van der Waals surface area contributed by atoms with Crippen molar-refractivity contribution in [2.45, 2.75) is 0 Å². The highest BCUT2D eigenvalue weighted by Gasteiger charge is 2.16. The van der Waals surface area contributed by atoms with Crippen molar-refractivity contribution in [3.63, 3.8) is 0 Å². The first-order valence-electron chi connectivity index (χ1n) is 8.02. The fourth-order valence-corrected chi connectivity index (χ4v) is 3.18. The number of hydrogen-bond acceptors (Lipinski definition) is 5. The molecular weight excluding hydrogens is 372 g/mol. The second-order valence-corrected chi connectivity index (χ2v) is 6.32. The van der Waals surface area contributed by atoms with Crippen LogP contribution in [-0.2, 0) is 21.1 Å². The molecule has 0 aliphatic carbocycles. The number of fused-ring (bicyclic) bond motifs is 1. The molecule has 2 heterocycles. The van der Waals surface area contributed by atoms with Gasteiger partial charge in [0.05, 0.1) is 19.2 Å². The first-order chi connectivity index (χ1) is 12.8. The van der Waals surface area contributed by atoms with Crippen molar-refractivity contribution >= 4 is 34.9 Å². The maximum absolute atomic E-state index is 12.4. The standard InChI is InChI=1S/C18H19ClN4O4/c1-21-12(20-16-14(21)17(24)23(3)18(25)22(16)2)9-7-10-6-8-11(26-4)15(27-5)13(10)19/h6-9H,1-5H3/b9-7+.